The molecule has 1 heterocycles. The van der Waals surface area contributed by atoms with Crippen molar-refractivity contribution < 1.29 is 19.2 Å². The number of halogens is 1. The van der Waals surface area contributed by atoms with Crippen molar-refractivity contribution >= 4 is 29.2 Å². The van der Waals surface area contributed by atoms with Gasteiger partial charge in [0.15, 0.2) is 0 Å². The van der Waals surface area contributed by atoms with E-state index in [1.807, 2.05) is 0 Å². The van der Waals surface area contributed by atoms with Crippen LogP contribution in [0.25, 0.3) is 0 Å². The lowest BCUT2D eigenvalue weighted by Crippen LogP contribution is -2.41. The summed E-state index contributed by atoms with van der Waals surface area (Å²) in [5.41, 5.74) is -0.910. The van der Waals surface area contributed by atoms with Gasteiger partial charge >= 0.3 is 6.03 Å². The molecule has 1 atom stereocenters. The second-order valence-electron chi connectivity index (χ2n) is 6.12. The molecule has 0 radical (unpaired) electrons. The van der Waals surface area contributed by atoms with Crippen molar-refractivity contribution in [2.75, 3.05) is 13.2 Å². The number of nitro groups is 1. The third kappa shape index (κ3) is 3.70. The number of nitro benzene ring substituents is 1. The predicted molar refractivity (Wildman–Crippen MR) is 97.6 cm³/mol. The van der Waals surface area contributed by atoms with Gasteiger partial charge in [0.1, 0.15) is 17.9 Å². The summed E-state index contributed by atoms with van der Waals surface area (Å²) in [6, 6.07) is 11.7. The molecule has 0 spiro atoms. The second-order valence-corrected chi connectivity index (χ2v) is 6.55. The Morgan fingerprint density at radius 1 is 1.15 bits per heavy atom. The van der Waals surface area contributed by atoms with Crippen molar-refractivity contribution in [2.45, 2.75) is 12.5 Å². The monoisotopic (exact) mass is 389 g/mol. The lowest BCUT2D eigenvalue weighted by atomic mass is 9.92. The number of imide groups is 1. The van der Waals surface area contributed by atoms with Crippen LogP contribution in [0.2, 0.25) is 5.02 Å². The third-order valence-electron chi connectivity index (χ3n) is 4.33. The minimum Gasteiger partial charge on any atom is -0.492 e. The molecule has 27 heavy (non-hydrogen) atoms. The molecule has 1 fully saturated rings. The quantitative estimate of drug-likeness (QED) is 0.464. The van der Waals surface area contributed by atoms with Gasteiger partial charge in [-0.25, -0.2) is 4.79 Å². The number of nitrogens with one attached hydrogen (secondary N) is 1. The van der Waals surface area contributed by atoms with E-state index in [2.05, 4.69) is 5.32 Å². The molecule has 0 saturated carbocycles. The zero-order valence-electron chi connectivity index (χ0n) is 14.3. The molecule has 0 aliphatic carbocycles. The Balaban J connectivity index is 1.68. The van der Waals surface area contributed by atoms with Crippen molar-refractivity contribution in [2.24, 2.45) is 0 Å². The van der Waals surface area contributed by atoms with Gasteiger partial charge in [-0.15, -0.1) is 0 Å². The standard InChI is InChI=1S/C18H16ClN3O5/c1-18(12-2-6-14(7-3-12)22(25)26)16(23)21(17(24)20-18)10-11-27-15-8-4-13(19)5-9-15/h2-9H,10-11H2,1H3,(H,20,24). The topological polar surface area (TPSA) is 102 Å². The second kappa shape index (κ2) is 7.24. The highest BCUT2D eigenvalue weighted by atomic mass is 35.5. The van der Waals surface area contributed by atoms with Crippen molar-refractivity contribution in [3.05, 3.63) is 69.2 Å². The number of amides is 3. The minimum absolute atomic E-state index is 0.0653. The number of carbonyl (C=O) groups is 2. The molecule has 1 aliphatic heterocycles. The summed E-state index contributed by atoms with van der Waals surface area (Å²) in [5.74, 6) is 0.130. The van der Waals surface area contributed by atoms with Gasteiger partial charge in [-0.3, -0.25) is 19.8 Å². The zero-order chi connectivity index (χ0) is 19.6. The van der Waals surface area contributed by atoms with Gasteiger partial charge in [0, 0.05) is 17.2 Å². The van der Waals surface area contributed by atoms with E-state index in [0.29, 0.717) is 16.3 Å². The average molecular weight is 390 g/mol. The normalized spacial score (nSPS) is 19.1. The Morgan fingerprint density at radius 2 is 1.78 bits per heavy atom. The number of urea groups is 1. The highest BCUT2D eigenvalue weighted by Gasteiger charge is 2.48. The van der Waals surface area contributed by atoms with Crippen LogP contribution in [0, 0.1) is 10.1 Å². The lowest BCUT2D eigenvalue weighted by Gasteiger charge is -2.22. The minimum atomic E-state index is -1.29. The first-order valence-electron chi connectivity index (χ1n) is 8.08. The molecule has 8 nitrogen and oxygen atoms in total. The fraction of sp³-hybridized carbons (Fsp3) is 0.222. The maximum Gasteiger partial charge on any atom is 0.325 e. The summed E-state index contributed by atoms with van der Waals surface area (Å²) in [7, 11) is 0. The van der Waals surface area contributed by atoms with E-state index in [4.69, 9.17) is 16.3 Å². The van der Waals surface area contributed by atoms with E-state index < -0.39 is 22.4 Å². The predicted octanol–water partition coefficient (Wildman–Crippen LogP) is 3.09. The van der Waals surface area contributed by atoms with Crippen LogP contribution >= 0.6 is 11.6 Å². The van der Waals surface area contributed by atoms with Crippen LogP contribution in [0.4, 0.5) is 10.5 Å². The zero-order valence-corrected chi connectivity index (χ0v) is 15.1. The molecular weight excluding hydrogens is 374 g/mol. The fourth-order valence-electron chi connectivity index (χ4n) is 2.80. The molecule has 140 valence electrons. The Hall–Kier alpha value is -3.13. The summed E-state index contributed by atoms with van der Waals surface area (Å²) in [6.45, 7) is 1.75. The van der Waals surface area contributed by atoms with E-state index in [-0.39, 0.29) is 18.8 Å². The van der Waals surface area contributed by atoms with Gasteiger partial charge in [-0.05, 0) is 48.9 Å². The van der Waals surface area contributed by atoms with Crippen LogP contribution in [-0.4, -0.2) is 34.9 Å². The Bertz CT molecular complexity index is 885. The molecule has 1 saturated heterocycles. The number of carbonyl (C=O) groups excluding carboxylic acids is 2. The van der Waals surface area contributed by atoms with Crippen molar-refractivity contribution in [1.82, 2.24) is 10.2 Å². The first-order chi connectivity index (χ1) is 12.8. The number of rotatable bonds is 6. The smallest absolute Gasteiger partial charge is 0.325 e. The van der Waals surface area contributed by atoms with E-state index in [9.17, 15) is 19.7 Å². The van der Waals surface area contributed by atoms with Crippen LogP contribution in [0.1, 0.15) is 12.5 Å². The van der Waals surface area contributed by atoms with E-state index in [1.165, 1.54) is 24.3 Å². The van der Waals surface area contributed by atoms with Gasteiger partial charge in [-0.1, -0.05) is 11.6 Å². The molecule has 9 heteroatoms. The molecule has 2 aromatic carbocycles. The first kappa shape index (κ1) is 18.7. The highest BCUT2D eigenvalue weighted by molar-refractivity contribution is 6.30. The number of hydrogen-bond acceptors (Lipinski definition) is 5. The number of benzene rings is 2. The molecule has 2 aromatic rings. The SMILES string of the molecule is CC1(c2ccc([N+](=O)[O-])cc2)NC(=O)N(CCOc2ccc(Cl)cc2)C1=O. The molecular formula is C18H16ClN3O5. The average Bonchev–Trinajstić information content (AvgIpc) is 2.87. The summed E-state index contributed by atoms with van der Waals surface area (Å²) >= 11 is 5.81. The first-order valence-corrected chi connectivity index (χ1v) is 8.46. The Morgan fingerprint density at radius 3 is 2.37 bits per heavy atom. The summed E-state index contributed by atoms with van der Waals surface area (Å²) in [4.78, 5) is 36.3. The maximum absolute atomic E-state index is 12.8. The van der Waals surface area contributed by atoms with Crippen LogP contribution in [0.15, 0.2) is 48.5 Å². The summed E-state index contributed by atoms with van der Waals surface area (Å²) in [5, 5.41) is 14.0. The molecule has 3 rings (SSSR count). The van der Waals surface area contributed by atoms with E-state index in [1.54, 1.807) is 31.2 Å². The number of nitrogens with zero attached hydrogens (tertiary/aromatic N) is 2. The number of hydrogen-bond donors (Lipinski definition) is 1. The van der Waals surface area contributed by atoms with E-state index >= 15 is 0 Å². The van der Waals surface area contributed by atoms with Gasteiger partial charge in [0.2, 0.25) is 0 Å². The van der Waals surface area contributed by atoms with Gasteiger partial charge < -0.3 is 10.1 Å². The van der Waals surface area contributed by atoms with Crippen molar-refractivity contribution in [1.29, 1.82) is 0 Å². The molecule has 1 unspecified atom stereocenters. The van der Waals surface area contributed by atoms with Gasteiger partial charge in [0.25, 0.3) is 11.6 Å². The molecule has 1 aliphatic rings. The Kier molecular flexibility index (Phi) is 5.00. The number of ether oxygens (including phenoxy) is 1. The summed E-state index contributed by atoms with van der Waals surface area (Å²) in [6.07, 6.45) is 0. The van der Waals surface area contributed by atoms with Gasteiger partial charge in [0.05, 0.1) is 11.5 Å². The van der Waals surface area contributed by atoms with Gasteiger partial charge in [-0.2, -0.15) is 0 Å². The van der Waals surface area contributed by atoms with Crippen LogP contribution in [0.5, 0.6) is 5.75 Å². The van der Waals surface area contributed by atoms with Crippen LogP contribution in [0.3, 0.4) is 0 Å². The highest BCUT2D eigenvalue weighted by Crippen LogP contribution is 2.30. The Labute approximate surface area is 159 Å². The molecule has 3 amide bonds. The van der Waals surface area contributed by atoms with Crippen LogP contribution in [-0.2, 0) is 10.3 Å². The third-order valence-corrected chi connectivity index (χ3v) is 4.58. The molecule has 0 bridgehead atoms. The molecule has 0 aromatic heterocycles. The maximum atomic E-state index is 12.8. The largest absolute Gasteiger partial charge is 0.492 e. The van der Waals surface area contributed by atoms with Crippen LogP contribution < -0.4 is 10.1 Å². The lowest BCUT2D eigenvalue weighted by molar-refractivity contribution is -0.384. The van der Waals surface area contributed by atoms with Crippen molar-refractivity contribution in [3.63, 3.8) is 0 Å². The summed E-state index contributed by atoms with van der Waals surface area (Å²) < 4.78 is 5.53. The van der Waals surface area contributed by atoms with Crippen molar-refractivity contribution in [3.8, 4) is 5.75 Å². The molecule has 1 N–H and O–H groups in total. The number of non-ortho nitro benzene ring substituents is 1. The van der Waals surface area contributed by atoms with E-state index in [0.717, 1.165) is 4.90 Å². The fourth-order valence-corrected chi connectivity index (χ4v) is 2.92.